The van der Waals surface area contributed by atoms with E-state index in [0.717, 1.165) is 0 Å². The summed E-state index contributed by atoms with van der Waals surface area (Å²) in [5.74, 6) is -1.30. The van der Waals surface area contributed by atoms with Crippen molar-refractivity contribution in [3.63, 3.8) is 0 Å². The molecule has 1 saturated carbocycles. The molecule has 0 heterocycles. The van der Waals surface area contributed by atoms with Gasteiger partial charge in [0.25, 0.3) is 0 Å². The molecule has 7 heteroatoms. The highest BCUT2D eigenvalue weighted by Crippen LogP contribution is 2.62. The van der Waals surface area contributed by atoms with Gasteiger partial charge < -0.3 is 15.2 Å². The van der Waals surface area contributed by atoms with Crippen LogP contribution in [0.4, 0.5) is 13.6 Å². The first-order valence-electron chi connectivity index (χ1n) is 6.51. The van der Waals surface area contributed by atoms with E-state index in [1.165, 1.54) is 0 Å². The number of ether oxygens (including phenoxy) is 1. The minimum absolute atomic E-state index is 0.00455. The molecule has 0 aromatic rings. The van der Waals surface area contributed by atoms with E-state index in [-0.39, 0.29) is 12.8 Å². The van der Waals surface area contributed by atoms with Crippen LogP contribution in [0.5, 0.6) is 0 Å². The van der Waals surface area contributed by atoms with Gasteiger partial charge in [-0.3, -0.25) is 0 Å². The van der Waals surface area contributed by atoms with E-state index in [4.69, 9.17) is 4.74 Å². The molecule has 0 aromatic carbocycles. The summed E-state index contributed by atoms with van der Waals surface area (Å²) in [6.45, 7) is 6.56. The van der Waals surface area contributed by atoms with Gasteiger partial charge in [-0.2, -0.15) is 0 Å². The molecule has 0 radical (unpaired) electrons. The molecule has 0 spiro atoms. The molecule has 0 unspecified atom stereocenters. The molecule has 5 nitrogen and oxygen atoms in total. The Labute approximate surface area is 116 Å². The van der Waals surface area contributed by atoms with Crippen LogP contribution in [0.1, 0.15) is 47.0 Å². The van der Waals surface area contributed by atoms with Crippen molar-refractivity contribution in [3.8, 4) is 0 Å². The van der Waals surface area contributed by atoms with Crippen molar-refractivity contribution in [2.75, 3.05) is 0 Å². The molecule has 0 aliphatic heterocycles. The van der Waals surface area contributed by atoms with Crippen molar-refractivity contribution in [1.82, 2.24) is 5.32 Å². The fourth-order valence-electron chi connectivity index (χ4n) is 2.59. The zero-order chi connectivity index (χ0) is 15.8. The third-order valence-electron chi connectivity index (χ3n) is 3.69. The molecule has 1 aliphatic carbocycles. The normalized spacial score (nSPS) is 29.1. The van der Waals surface area contributed by atoms with Crippen molar-refractivity contribution >= 4 is 12.1 Å². The average Bonchev–Trinajstić information content (AvgIpc) is 2.83. The minimum atomic E-state index is -2.61. The number of rotatable bonds is 5. The maximum absolute atomic E-state index is 12.6. The minimum Gasteiger partial charge on any atom is -0.479 e. The smallest absolute Gasteiger partial charge is 0.408 e. The number of carbonyl (C=O) groups excluding carboxylic acids is 1. The van der Waals surface area contributed by atoms with Crippen molar-refractivity contribution in [3.05, 3.63) is 0 Å². The summed E-state index contributed by atoms with van der Waals surface area (Å²) in [6.07, 6.45) is -3.82. The van der Waals surface area contributed by atoms with Gasteiger partial charge >= 0.3 is 12.1 Å². The van der Waals surface area contributed by atoms with E-state index in [2.05, 4.69) is 5.32 Å². The standard InChI is InChI=1S/C13H21F2NO4/c1-5-12(6-8(14)15)7-13(12,9(17)18)16-10(19)20-11(2,3)4/h8H,5-7H2,1-4H3,(H,16,19)(H,17,18)/t12-,13+/m1/s1. The lowest BCUT2D eigenvalue weighted by atomic mass is 9.92. The van der Waals surface area contributed by atoms with Crippen molar-refractivity contribution in [1.29, 1.82) is 0 Å². The van der Waals surface area contributed by atoms with Crippen molar-refractivity contribution in [2.24, 2.45) is 5.41 Å². The summed E-state index contributed by atoms with van der Waals surface area (Å²) in [5, 5.41) is 11.6. The summed E-state index contributed by atoms with van der Waals surface area (Å²) in [4.78, 5) is 23.1. The van der Waals surface area contributed by atoms with Crippen LogP contribution in [0.25, 0.3) is 0 Å². The Morgan fingerprint density at radius 1 is 1.40 bits per heavy atom. The van der Waals surface area contributed by atoms with Gasteiger partial charge in [-0.05, 0) is 33.6 Å². The van der Waals surface area contributed by atoms with Crippen LogP contribution >= 0.6 is 0 Å². The largest absolute Gasteiger partial charge is 0.479 e. The summed E-state index contributed by atoms with van der Waals surface area (Å²) >= 11 is 0. The van der Waals surface area contributed by atoms with Crippen LogP contribution in [0.2, 0.25) is 0 Å². The molecule has 1 aliphatic rings. The molecular weight excluding hydrogens is 272 g/mol. The first-order valence-corrected chi connectivity index (χ1v) is 6.51. The topological polar surface area (TPSA) is 75.6 Å². The molecule has 2 N–H and O–H groups in total. The van der Waals surface area contributed by atoms with Crippen LogP contribution < -0.4 is 5.32 Å². The first-order chi connectivity index (χ1) is 8.98. The highest BCUT2D eigenvalue weighted by atomic mass is 19.3. The molecule has 0 bridgehead atoms. The molecule has 2 atom stereocenters. The Bertz CT molecular complexity index is 408. The van der Waals surface area contributed by atoms with Gasteiger partial charge in [-0.15, -0.1) is 0 Å². The van der Waals surface area contributed by atoms with E-state index in [1.807, 2.05) is 0 Å². The number of carboxylic acids is 1. The summed E-state index contributed by atoms with van der Waals surface area (Å²) in [5.41, 5.74) is -3.54. The molecule has 1 fully saturated rings. The lowest BCUT2D eigenvalue weighted by Crippen LogP contribution is -2.49. The SMILES string of the molecule is CC[C@@]1(CC(F)F)C[C@]1(NC(=O)OC(C)(C)C)C(=O)O. The molecule has 0 saturated heterocycles. The summed E-state index contributed by atoms with van der Waals surface area (Å²) < 4.78 is 30.3. The van der Waals surface area contributed by atoms with Gasteiger partial charge in [0.05, 0.1) is 0 Å². The number of carbonyl (C=O) groups is 2. The number of alkyl halides is 2. The van der Waals surface area contributed by atoms with Crippen LogP contribution in [0.3, 0.4) is 0 Å². The number of hydrogen-bond donors (Lipinski definition) is 2. The summed E-state index contributed by atoms with van der Waals surface area (Å²) in [7, 11) is 0. The maximum atomic E-state index is 12.6. The van der Waals surface area contributed by atoms with Crippen LogP contribution in [0, 0.1) is 5.41 Å². The van der Waals surface area contributed by atoms with Gasteiger partial charge in [0, 0.05) is 11.8 Å². The van der Waals surface area contributed by atoms with Gasteiger partial charge in [0.15, 0.2) is 0 Å². The van der Waals surface area contributed by atoms with Gasteiger partial charge in [-0.25, -0.2) is 18.4 Å². The number of amides is 1. The molecular formula is C13H21F2NO4. The highest BCUT2D eigenvalue weighted by molar-refractivity contribution is 5.89. The van der Waals surface area contributed by atoms with E-state index in [1.54, 1.807) is 27.7 Å². The summed E-state index contributed by atoms with van der Waals surface area (Å²) in [6, 6.07) is 0. The Morgan fingerprint density at radius 2 is 1.95 bits per heavy atom. The fraction of sp³-hybridized carbons (Fsp3) is 0.846. The van der Waals surface area contributed by atoms with E-state index in [0.29, 0.717) is 0 Å². The number of halogens is 2. The predicted molar refractivity (Wildman–Crippen MR) is 67.7 cm³/mol. The maximum Gasteiger partial charge on any atom is 0.408 e. The van der Waals surface area contributed by atoms with E-state index < -0.39 is 41.5 Å². The molecule has 1 amide bonds. The Hall–Kier alpha value is -1.40. The lowest BCUT2D eigenvalue weighted by Gasteiger charge is -2.25. The highest BCUT2D eigenvalue weighted by Gasteiger charge is 2.73. The van der Waals surface area contributed by atoms with Crippen LogP contribution in [-0.2, 0) is 9.53 Å². The molecule has 20 heavy (non-hydrogen) atoms. The third kappa shape index (κ3) is 3.19. The second kappa shape index (κ2) is 5.18. The predicted octanol–water partition coefficient (Wildman–Crippen LogP) is 2.79. The zero-order valence-electron chi connectivity index (χ0n) is 12.1. The fourth-order valence-corrected chi connectivity index (χ4v) is 2.59. The van der Waals surface area contributed by atoms with Gasteiger partial charge in [0.1, 0.15) is 11.1 Å². The quantitative estimate of drug-likeness (QED) is 0.817. The lowest BCUT2D eigenvalue weighted by molar-refractivity contribution is -0.142. The molecule has 1 rings (SSSR count). The second-order valence-electron chi connectivity index (χ2n) is 6.24. The number of hydrogen-bond acceptors (Lipinski definition) is 3. The number of alkyl carbamates (subject to hydrolysis) is 1. The molecule has 0 aromatic heterocycles. The Morgan fingerprint density at radius 3 is 2.30 bits per heavy atom. The third-order valence-corrected chi connectivity index (χ3v) is 3.69. The monoisotopic (exact) mass is 293 g/mol. The van der Waals surface area contributed by atoms with Gasteiger partial charge in [0.2, 0.25) is 6.43 Å². The van der Waals surface area contributed by atoms with E-state index >= 15 is 0 Å². The van der Waals surface area contributed by atoms with Crippen LogP contribution in [-0.4, -0.2) is 34.7 Å². The number of aliphatic carboxylic acids is 1. The van der Waals surface area contributed by atoms with Gasteiger partial charge in [-0.1, -0.05) is 6.92 Å². The Balaban J connectivity index is 2.87. The number of nitrogens with one attached hydrogen (secondary N) is 1. The Kier molecular flexibility index (Phi) is 4.31. The first kappa shape index (κ1) is 16.7. The van der Waals surface area contributed by atoms with Crippen molar-refractivity contribution in [2.45, 2.75) is 64.5 Å². The second-order valence-corrected chi connectivity index (χ2v) is 6.24. The molecule has 116 valence electrons. The van der Waals surface area contributed by atoms with Crippen molar-refractivity contribution < 1.29 is 28.2 Å². The van der Waals surface area contributed by atoms with E-state index in [9.17, 15) is 23.5 Å². The van der Waals surface area contributed by atoms with Crippen LogP contribution in [0.15, 0.2) is 0 Å². The average molecular weight is 293 g/mol. The number of carboxylic acid groups (broad SMARTS) is 1. The zero-order valence-corrected chi connectivity index (χ0v) is 12.1.